The Kier molecular flexibility index (Phi) is 2.49. The van der Waals surface area contributed by atoms with E-state index in [1.165, 1.54) is 0 Å². The van der Waals surface area contributed by atoms with E-state index in [0.717, 1.165) is 19.6 Å². The Morgan fingerprint density at radius 2 is 2.22 bits per heavy atom. The highest BCUT2D eigenvalue weighted by atomic mass is 16.5. The molecule has 0 aromatic rings. The van der Waals surface area contributed by atoms with Crippen LogP contribution < -0.4 is 5.32 Å². The first kappa shape index (κ1) is 7.03. The van der Waals surface area contributed by atoms with Crippen LogP contribution in [0.15, 0.2) is 0 Å². The Labute approximate surface area is 56.6 Å². The second-order valence-electron chi connectivity index (χ2n) is 2.78. The highest BCUT2D eigenvalue weighted by Gasteiger charge is 2.10. The zero-order valence-corrected chi connectivity index (χ0v) is 6.18. The van der Waals surface area contributed by atoms with Gasteiger partial charge in [0.2, 0.25) is 0 Å². The first-order valence-electron chi connectivity index (χ1n) is 3.64. The molecule has 1 saturated heterocycles. The highest BCUT2D eigenvalue weighted by Crippen LogP contribution is 2.00. The maximum absolute atomic E-state index is 5.41. The Balaban J connectivity index is 2.25. The molecule has 1 aliphatic heterocycles. The largest absolute Gasteiger partial charge is 0.377 e. The van der Waals surface area contributed by atoms with Gasteiger partial charge >= 0.3 is 0 Å². The van der Waals surface area contributed by atoms with Crippen LogP contribution in [0.3, 0.4) is 0 Å². The minimum absolute atomic E-state index is 0.398. The van der Waals surface area contributed by atoms with Gasteiger partial charge in [0, 0.05) is 19.2 Å². The molecule has 1 unspecified atom stereocenters. The van der Waals surface area contributed by atoms with Crippen molar-refractivity contribution in [3.05, 3.63) is 0 Å². The van der Waals surface area contributed by atoms with Crippen LogP contribution in [0.5, 0.6) is 0 Å². The molecule has 0 aromatic heterocycles. The summed E-state index contributed by atoms with van der Waals surface area (Å²) in [5, 5.41) is 3.37. The van der Waals surface area contributed by atoms with Crippen molar-refractivity contribution in [2.24, 2.45) is 0 Å². The van der Waals surface area contributed by atoms with Gasteiger partial charge in [0.1, 0.15) is 0 Å². The van der Waals surface area contributed by atoms with Gasteiger partial charge in [-0.25, -0.2) is 0 Å². The molecule has 2 atom stereocenters. The van der Waals surface area contributed by atoms with E-state index >= 15 is 0 Å². The van der Waals surface area contributed by atoms with Crippen LogP contribution in [0, 0.1) is 0 Å². The summed E-state index contributed by atoms with van der Waals surface area (Å²) in [5.74, 6) is 0. The van der Waals surface area contributed by atoms with Gasteiger partial charge in [-0.1, -0.05) is 0 Å². The smallest absolute Gasteiger partial charge is 0.0671 e. The Morgan fingerprint density at radius 1 is 1.44 bits per heavy atom. The zero-order chi connectivity index (χ0) is 6.69. The second kappa shape index (κ2) is 3.18. The van der Waals surface area contributed by atoms with E-state index in [2.05, 4.69) is 19.2 Å². The minimum Gasteiger partial charge on any atom is -0.377 e. The molecule has 9 heavy (non-hydrogen) atoms. The van der Waals surface area contributed by atoms with E-state index < -0.39 is 0 Å². The lowest BCUT2D eigenvalue weighted by Gasteiger charge is -2.08. The van der Waals surface area contributed by atoms with Crippen LogP contribution in [0.1, 0.15) is 20.3 Å². The summed E-state index contributed by atoms with van der Waals surface area (Å²) in [5.41, 5.74) is 0. The summed E-state index contributed by atoms with van der Waals surface area (Å²) in [6.45, 7) is 6.21. The first-order chi connectivity index (χ1) is 4.29. The topological polar surface area (TPSA) is 21.3 Å². The predicted octanol–water partition coefficient (Wildman–Crippen LogP) is 0.773. The Hall–Kier alpha value is -0.0800. The summed E-state index contributed by atoms with van der Waals surface area (Å²) in [4.78, 5) is 0. The molecule has 0 radical (unpaired) electrons. The van der Waals surface area contributed by atoms with E-state index in [9.17, 15) is 0 Å². The monoisotopic (exact) mass is 129 g/mol. The number of nitrogens with one attached hydrogen (secondary N) is 1. The molecule has 0 spiro atoms. The van der Waals surface area contributed by atoms with E-state index in [0.29, 0.717) is 12.1 Å². The lowest BCUT2D eigenvalue weighted by molar-refractivity contribution is 0.0799. The molecule has 0 amide bonds. The third-order valence-corrected chi connectivity index (χ3v) is 1.71. The Bertz CT molecular complexity index is 75.0. The third-order valence-electron chi connectivity index (χ3n) is 1.71. The number of ether oxygens (including phenoxy) is 1. The molecule has 2 heteroatoms. The lowest BCUT2D eigenvalue weighted by Crippen LogP contribution is -2.29. The SMILES string of the molecule is CC1CCO[C@H](C)CN1. The van der Waals surface area contributed by atoms with Crippen LogP contribution in [0.2, 0.25) is 0 Å². The molecule has 1 N–H and O–H groups in total. The summed E-state index contributed by atoms with van der Waals surface area (Å²) in [6.07, 6.45) is 1.54. The molecule has 1 aliphatic rings. The summed E-state index contributed by atoms with van der Waals surface area (Å²) < 4.78 is 5.41. The van der Waals surface area contributed by atoms with Gasteiger partial charge in [0.25, 0.3) is 0 Å². The van der Waals surface area contributed by atoms with Crippen LogP contribution in [-0.2, 0) is 4.74 Å². The second-order valence-corrected chi connectivity index (χ2v) is 2.78. The molecule has 2 nitrogen and oxygen atoms in total. The fourth-order valence-electron chi connectivity index (χ4n) is 0.974. The number of hydrogen-bond acceptors (Lipinski definition) is 2. The van der Waals surface area contributed by atoms with E-state index in [4.69, 9.17) is 4.74 Å². The van der Waals surface area contributed by atoms with Gasteiger partial charge in [0.15, 0.2) is 0 Å². The average molecular weight is 129 g/mol. The van der Waals surface area contributed by atoms with Crippen LogP contribution in [-0.4, -0.2) is 25.3 Å². The van der Waals surface area contributed by atoms with Crippen molar-refractivity contribution in [2.75, 3.05) is 13.2 Å². The van der Waals surface area contributed by atoms with Crippen molar-refractivity contribution < 1.29 is 4.74 Å². The summed E-state index contributed by atoms with van der Waals surface area (Å²) in [7, 11) is 0. The third kappa shape index (κ3) is 2.33. The number of hydrogen-bond donors (Lipinski definition) is 1. The molecule has 0 aromatic carbocycles. The van der Waals surface area contributed by atoms with E-state index in [-0.39, 0.29) is 0 Å². The van der Waals surface area contributed by atoms with Crippen molar-refractivity contribution in [1.29, 1.82) is 0 Å². The van der Waals surface area contributed by atoms with Crippen LogP contribution in [0.4, 0.5) is 0 Å². The standard InChI is InChI=1S/C7H15NO/c1-6-3-4-9-7(2)5-8-6/h6-8H,3-5H2,1-2H3/t6?,7-/m1/s1. The van der Waals surface area contributed by atoms with Gasteiger partial charge in [-0.15, -0.1) is 0 Å². The molecule has 1 rings (SSSR count). The van der Waals surface area contributed by atoms with E-state index in [1.54, 1.807) is 0 Å². The number of rotatable bonds is 0. The Morgan fingerprint density at radius 3 is 3.00 bits per heavy atom. The normalized spacial score (nSPS) is 38.0. The van der Waals surface area contributed by atoms with Crippen molar-refractivity contribution >= 4 is 0 Å². The van der Waals surface area contributed by atoms with Crippen LogP contribution >= 0.6 is 0 Å². The molecule has 0 saturated carbocycles. The van der Waals surface area contributed by atoms with Crippen molar-refractivity contribution in [3.8, 4) is 0 Å². The van der Waals surface area contributed by atoms with Crippen molar-refractivity contribution in [3.63, 3.8) is 0 Å². The van der Waals surface area contributed by atoms with Gasteiger partial charge in [-0.2, -0.15) is 0 Å². The maximum atomic E-state index is 5.41. The van der Waals surface area contributed by atoms with Crippen LogP contribution in [0.25, 0.3) is 0 Å². The summed E-state index contributed by atoms with van der Waals surface area (Å²) >= 11 is 0. The molecule has 1 heterocycles. The fraction of sp³-hybridized carbons (Fsp3) is 1.00. The molecular formula is C7H15NO. The summed E-state index contributed by atoms with van der Waals surface area (Å²) in [6, 6.07) is 0.634. The molecule has 1 fully saturated rings. The molecular weight excluding hydrogens is 114 g/mol. The quantitative estimate of drug-likeness (QED) is 0.521. The van der Waals surface area contributed by atoms with Gasteiger partial charge < -0.3 is 10.1 Å². The molecule has 0 aliphatic carbocycles. The predicted molar refractivity (Wildman–Crippen MR) is 37.5 cm³/mol. The average Bonchev–Trinajstić information content (AvgIpc) is 1.97. The highest BCUT2D eigenvalue weighted by molar-refractivity contribution is 4.67. The molecule has 54 valence electrons. The van der Waals surface area contributed by atoms with Crippen molar-refractivity contribution in [1.82, 2.24) is 5.32 Å². The molecule has 0 bridgehead atoms. The lowest BCUT2D eigenvalue weighted by atomic mass is 10.2. The minimum atomic E-state index is 0.398. The van der Waals surface area contributed by atoms with Gasteiger partial charge in [0.05, 0.1) is 6.10 Å². The maximum Gasteiger partial charge on any atom is 0.0671 e. The van der Waals surface area contributed by atoms with Gasteiger partial charge in [-0.05, 0) is 20.3 Å². The van der Waals surface area contributed by atoms with Crippen molar-refractivity contribution in [2.45, 2.75) is 32.4 Å². The van der Waals surface area contributed by atoms with E-state index in [1.807, 2.05) is 0 Å². The zero-order valence-electron chi connectivity index (χ0n) is 6.18. The van der Waals surface area contributed by atoms with Gasteiger partial charge in [-0.3, -0.25) is 0 Å². The fourth-order valence-corrected chi connectivity index (χ4v) is 0.974. The first-order valence-corrected chi connectivity index (χ1v) is 3.64.